The molecule has 0 spiro atoms. The Kier molecular flexibility index (Phi) is 3.77. The number of thiazole rings is 1. The van der Waals surface area contributed by atoms with Gasteiger partial charge in [-0.25, -0.2) is 14.2 Å². The Hall–Kier alpha value is -1.27. The van der Waals surface area contributed by atoms with Gasteiger partial charge in [0.1, 0.15) is 5.82 Å². The fraction of sp³-hybridized carbons (Fsp3) is 0.167. The highest BCUT2D eigenvalue weighted by molar-refractivity contribution is 9.10. The summed E-state index contributed by atoms with van der Waals surface area (Å²) >= 11 is 4.58. The molecule has 1 aromatic heterocycles. The summed E-state index contributed by atoms with van der Waals surface area (Å²) in [5, 5.41) is 9.85. The largest absolute Gasteiger partial charge is 0.476 e. The Labute approximate surface area is 115 Å². The van der Waals surface area contributed by atoms with Gasteiger partial charge < -0.3 is 5.11 Å². The van der Waals surface area contributed by atoms with Gasteiger partial charge in [-0.1, -0.05) is 22.9 Å². The Morgan fingerprint density at radius 1 is 1.56 bits per heavy atom. The van der Waals surface area contributed by atoms with E-state index >= 15 is 0 Å². The zero-order valence-electron chi connectivity index (χ0n) is 9.41. The first-order valence-corrected chi connectivity index (χ1v) is 6.82. The normalized spacial score (nSPS) is 10.6. The minimum atomic E-state index is -1.10. The average molecular weight is 330 g/mol. The molecule has 0 saturated carbocycles. The lowest BCUT2D eigenvalue weighted by molar-refractivity contribution is 0.0692. The van der Waals surface area contributed by atoms with E-state index in [-0.39, 0.29) is 5.69 Å². The van der Waals surface area contributed by atoms with Crippen molar-refractivity contribution in [3.63, 3.8) is 0 Å². The number of aromatic carboxylic acids is 1. The summed E-state index contributed by atoms with van der Waals surface area (Å²) in [6, 6.07) is 4.18. The monoisotopic (exact) mass is 329 g/mol. The molecule has 2 aromatic rings. The number of halogens is 2. The number of carbonyl (C=O) groups is 1. The van der Waals surface area contributed by atoms with E-state index in [4.69, 9.17) is 5.11 Å². The third-order valence-electron chi connectivity index (χ3n) is 2.35. The number of nitrogens with zero attached hydrogens (tertiary/aromatic N) is 1. The first-order valence-electron chi connectivity index (χ1n) is 5.21. The van der Waals surface area contributed by atoms with Crippen LogP contribution < -0.4 is 0 Å². The van der Waals surface area contributed by atoms with Crippen LogP contribution in [0.4, 0.5) is 4.39 Å². The van der Waals surface area contributed by atoms with Crippen LogP contribution in [0.5, 0.6) is 0 Å². The molecule has 0 bridgehead atoms. The maximum absolute atomic E-state index is 13.3. The molecule has 3 nitrogen and oxygen atoms in total. The van der Waals surface area contributed by atoms with E-state index in [1.54, 1.807) is 6.07 Å². The molecule has 94 valence electrons. The van der Waals surface area contributed by atoms with Gasteiger partial charge in [-0.15, -0.1) is 11.3 Å². The summed E-state index contributed by atoms with van der Waals surface area (Å²) in [5.74, 6) is -1.51. The van der Waals surface area contributed by atoms with E-state index in [2.05, 4.69) is 20.9 Å². The number of carboxylic acid groups (broad SMARTS) is 1. The van der Waals surface area contributed by atoms with Gasteiger partial charge in [0.25, 0.3) is 0 Å². The summed E-state index contributed by atoms with van der Waals surface area (Å²) in [4.78, 5) is 15.7. The molecule has 2 rings (SSSR count). The zero-order chi connectivity index (χ0) is 13.3. The SMILES string of the molecule is CCc1nc(C(=O)O)c(-c2cc(F)ccc2Br)s1. The standard InChI is InChI=1S/C12H9BrFNO2S/c1-2-9-15-10(12(16)17)11(18-9)7-5-6(14)3-4-8(7)13/h3-5H,2H2,1H3,(H,16,17). The van der Waals surface area contributed by atoms with E-state index in [0.717, 1.165) is 5.01 Å². The van der Waals surface area contributed by atoms with Crippen molar-refractivity contribution in [3.8, 4) is 10.4 Å². The zero-order valence-corrected chi connectivity index (χ0v) is 11.8. The summed E-state index contributed by atoms with van der Waals surface area (Å²) in [6.45, 7) is 1.90. The summed E-state index contributed by atoms with van der Waals surface area (Å²) in [5.41, 5.74) is 0.493. The molecule has 0 radical (unpaired) electrons. The van der Waals surface area contributed by atoms with Gasteiger partial charge in [-0.05, 0) is 24.6 Å². The molecular formula is C12H9BrFNO2S. The first kappa shape index (κ1) is 13.2. The van der Waals surface area contributed by atoms with Gasteiger partial charge in [-0.2, -0.15) is 0 Å². The molecule has 1 N–H and O–H groups in total. The Balaban J connectivity index is 2.65. The number of rotatable bonds is 3. The third kappa shape index (κ3) is 2.44. The fourth-order valence-corrected chi connectivity index (χ4v) is 3.12. The summed E-state index contributed by atoms with van der Waals surface area (Å²) < 4.78 is 13.9. The van der Waals surface area contributed by atoms with Crippen LogP contribution >= 0.6 is 27.3 Å². The van der Waals surface area contributed by atoms with Crippen LogP contribution in [-0.4, -0.2) is 16.1 Å². The maximum atomic E-state index is 13.3. The van der Waals surface area contributed by atoms with Crippen molar-refractivity contribution in [1.82, 2.24) is 4.98 Å². The Bertz CT molecular complexity index is 612. The Morgan fingerprint density at radius 2 is 2.28 bits per heavy atom. The number of carboxylic acids is 1. The average Bonchev–Trinajstić information content (AvgIpc) is 2.76. The van der Waals surface area contributed by atoms with Crippen LogP contribution in [0, 0.1) is 5.82 Å². The number of aryl methyl sites for hydroxylation is 1. The first-order chi connectivity index (χ1) is 8.52. The summed E-state index contributed by atoms with van der Waals surface area (Å²) in [7, 11) is 0. The summed E-state index contributed by atoms with van der Waals surface area (Å²) in [6.07, 6.45) is 0.651. The predicted octanol–water partition coefficient (Wildman–Crippen LogP) is 3.97. The number of hydrogen-bond acceptors (Lipinski definition) is 3. The molecule has 0 aliphatic carbocycles. The van der Waals surface area contributed by atoms with Crippen molar-refractivity contribution in [2.75, 3.05) is 0 Å². The second-order valence-corrected chi connectivity index (χ2v) is 5.51. The van der Waals surface area contributed by atoms with Crippen LogP contribution in [0.15, 0.2) is 22.7 Å². The molecule has 0 fully saturated rings. The molecular weight excluding hydrogens is 321 g/mol. The lowest BCUT2D eigenvalue weighted by Crippen LogP contribution is -1.99. The van der Waals surface area contributed by atoms with Gasteiger partial charge in [0.2, 0.25) is 0 Å². The molecule has 1 heterocycles. The maximum Gasteiger partial charge on any atom is 0.356 e. The van der Waals surface area contributed by atoms with Crippen LogP contribution in [0.1, 0.15) is 22.4 Å². The highest BCUT2D eigenvalue weighted by Crippen LogP contribution is 2.36. The van der Waals surface area contributed by atoms with Gasteiger partial charge >= 0.3 is 5.97 Å². The number of aromatic nitrogens is 1. The molecule has 0 atom stereocenters. The van der Waals surface area contributed by atoms with E-state index in [9.17, 15) is 9.18 Å². The molecule has 6 heteroatoms. The number of benzene rings is 1. The van der Waals surface area contributed by atoms with Crippen molar-refractivity contribution in [3.05, 3.63) is 39.2 Å². The van der Waals surface area contributed by atoms with E-state index in [0.29, 0.717) is 21.3 Å². The second-order valence-electron chi connectivity index (χ2n) is 3.57. The van der Waals surface area contributed by atoms with Crippen molar-refractivity contribution in [2.24, 2.45) is 0 Å². The van der Waals surface area contributed by atoms with Crippen molar-refractivity contribution < 1.29 is 14.3 Å². The van der Waals surface area contributed by atoms with Crippen molar-refractivity contribution in [1.29, 1.82) is 0 Å². The number of hydrogen-bond donors (Lipinski definition) is 1. The van der Waals surface area contributed by atoms with Crippen molar-refractivity contribution >= 4 is 33.2 Å². The van der Waals surface area contributed by atoms with Gasteiger partial charge in [0.05, 0.1) is 9.88 Å². The highest BCUT2D eigenvalue weighted by atomic mass is 79.9. The van der Waals surface area contributed by atoms with E-state index < -0.39 is 11.8 Å². The fourth-order valence-electron chi connectivity index (χ4n) is 1.51. The lowest BCUT2D eigenvalue weighted by Gasteiger charge is -2.02. The van der Waals surface area contributed by atoms with Crippen LogP contribution in [-0.2, 0) is 6.42 Å². The minimum absolute atomic E-state index is 0.0249. The topological polar surface area (TPSA) is 50.2 Å². The molecule has 1 aromatic carbocycles. The lowest BCUT2D eigenvalue weighted by atomic mass is 10.1. The van der Waals surface area contributed by atoms with Gasteiger partial charge in [0.15, 0.2) is 5.69 Å². The van der Waals surface area contributed by atoms with Gasteiger partial charge in [0, 0.05) is 10.0 Å². The minimum Gasteiger partial charge on any atom is -0.476 e. The molecule has 0 aliphatic rings. The molecule has 0 aliphatic heterocycles. The molecule has 18 heavy (non-hydrogen) atoms. The predicted molar refractivity (Wildman–Crippen MR) is 71.5 cm³/mol. The smallest absolute Gasteiger partial charge is 0.356 e. The van der Waals surface area contributed by atoms with Crippen LogP contribution in [0.25, 0.3) is 10.4 Å². The Morgan fingerprint density at radius 3 is 2.89 bits per heavy atom. The molecule has 0 unspecified atom stereocenters. The van der Waals surface area contributed by atoms with Crippen LogP contribution in [0.3, 0.4) is 0 Å². The van der Waals surface area contributed by atoms with Gasteiger partial charge in [-0.3, -0.25) is 0 Å². The van der Waals surface area contributed by atoms with Crippen LogP contribution in [0.2, 0.25) is 0 Å². The van der Waals surface area contributed by atoms with E-state index in [1.807, 2.05) is 6.92 Å². The van der Waals surface area contributed by atoms with E-state index in [1.165, 1.54) is 23.5 Å². The molecule has 0 amide bonds. The third-order valence-corrected chi connectivity index (χ3v) is 4.27. The highest BCUT2D eigenvalue weighted by Gasteiger charge is 2.20. The quantitative estimate of drug-likeness (QED) is 0.926. The molecule has 0 saturated heterocycles. The second kappa shape index (κ2) is 5.16. The van der Waals surface area contributed by atoms with Crippen molar-refractivity contribution in [2.45, 2.75) is 13.3 Å².